The van der Waals surface area contributed by atoms with Crippen LogP contribution in [0.25, 0.3) is 0 Å². The van der Waals surface area contributed by atoms with Crippen molar-refractivity contribution < 1.29 is 33.5 Å². The Morgan fingerprint density at radius 2 is 1.02 bits per heavy atom. The number of hydrogen-bond donors (Lipinski definition) is 1. The lowest BCUT2D eigenvalue weighted by Crippen LogP contribution is -2.42. The van der Waals surface area contributed by atoms with E-state index in [0.717, 1.165) is 44.1 Å². The molecule has 2 amide bonds. The maximum Gasteiger partial charge on any atom is 0.408 e. The van der Waals surface area contributed by atoms with Crippen LogP contribution >= 0.6 is 0 Å². The standard InChI is InChI=1S/C47H82N2O7/c1-4-6-8-10-12-14-16-18-20-22-24-26-31-38-44(50)49(56-45(51)39-32-27-25-23-21-19-17-15-13-11-9-7-5-2)40-34-33-37-43(46(52)54-3)48-47(53)55-41-42-35-29-28-30-36-42/h28-30,35-36,43H,4-27,31-34,37-41H2,1-3H3,(H,48,53)/t43-/m0/s1. The highest BCUT2D eigenvalue weighted by atomic mass is 16.7. The molecule has 0 aliphatic heterocycles. The predicted molar refractivity (Wildman–Crippen MR) is 228 cm³/mol. The van der Waals surface area contributed by atoms with Crippen molar-refractivity contribution in [2.75, 3.05) is 13.7 Å². The van der Waals surface area contributed by atoms with E-state index < -0.39 is 18.1 Å². The normalized spacial score (nSPS) is 11.6. The van der Waals surface area contributed by atoms with Gasteiger partial charge in [-0.3, -0.25) is 4.79 Å². The van der Waals surface area contributed by atoms with Gasteiger partial charge in [-0.2, -0.15) is 5.06 Å². The summed E-state index contributed by atoms with van der Waals surface area (Å²) in [6.07, 6.45) is 33.2. The fraction of sp³-hybridized carbons (Fsp3) is 0.787. The second-order valence-electron chi connectivity index (χ2n) is 15.7. The highest BCUT2D eigenvalue weighted by Gasteiger charge is 2.23. The molecule has 9 heteroatoms. The number of esters is 1. The van der Waals surface area contributed by atoms with Gasteiger partial charge in [-0.05, 0) is 37.7 Å². The van der Waals surface area contributed by atoms with Gasteiger partial charge < -0.3 is 19.6 Å². The molecular weight excluding hydrogens is 705 g/mol. The number of nitrogens with zero attached hydrogens (tertiary/aromatic N) is 1. The molecule has 1 aromatic rings. The molecule has 9 nitrogen and oxygen atoms in total. The average molecular weight is 787 g/mol. The van der Waals surface area contributed by atoms with Crippen molar-refractivity contribution in [3.8, 4) is 0 Å². The molecule has 1 atom stereocenters. The van der Waals surface area contributed by atoms with Crippen LogP contribution in [0.5, 0.6) is 0 Å². The van der Waals surface area contributed by atoms with E-state index in [4.69, 9.17) is 14.3 Å². The fourth-order valence-electron chi connectivity index (χ4n) is 7.00. The van der Waals surface area contributed by atoms with E-state index in [1.165, 1.54) is 141 Å². The Balaban J connectivity index is 2.47. The van der Waals surface area contributed by atoms with Gasteiger partial charge in [-0.25, -0.2) is 14.4 Å². The number of carbonyl (C=O) groups excluding carboxylic acids is 4. The van der Waals surface area contributed by atoms with E-state index in [0.29, 0.717) is 32.1 Å². The zero-order valence-electron chi connectivity index (χ0n) is 36.1. The first kappa shape index (κ1) is 50.9. The molecule has 0 unspecified atom stereocenters. The van der Waals surface area contributed by atoms with Crippen LogP contribution in [0.2, 0.25) is 0 Å². The molecule has 56 heavy (non-hydrogen) atoms. The molecule has 0 spiro atoms. The minimum absolute atomic E-state index is 0.0849. The Morgan fingerprint density at radius 3 is 1.48 bits per heavy atom. The number of ether oxygens (including phenoxy) is 2. The Hall–Kier alpha value is -3.10. The number of hydrogen-bond acceptors (Lipinski definition) is 7. The van der Waals surface area contributed by atoms with E-state index in [1.807, 2.05) is 30.3 Å². The van der Waals surface area contributed by atoms with Crippen LogP contribution in [-0.4, -0.2) is 48.7 Å². The molecule has 0 fully saturated rings. The monoisotopic (exact) mass is 787 g/mol. The number of rotatable bonds is 37. The van der Waals surface area contributed by atoms with Crippen LogP contribution in [0.1, 0.15) is 218 Å². The van der Waals surface area contributed by atoms with E-state index in [9.17, 15) is 19.2 Å². The summed E-state index contributed by atoms with van der Waals surface area (Å²) in [5, 5.41) is 3.84. The van der Waals surface area contributed by atoms with E-state index >= 15 is 0 Å². The van der Waals surface area contributed by atoms with Crippen LogP contribution in [0.4, 0.5) is 4.79 Å². The van der Waals surface area contributed by atoms with Crippen LogP contribution < -0.4 is 5.32 Å². The van der Waals surface area contributed by atoms with Crippen LogP contribution in [0, 0.1) is 0 Å². The van der Waals surface area contributed by atoms with Crippen LogP contribution in [-0.2, 0) is 35.3 Å². The summed E-state index contributed by atoms with van der Waals surface area (Å²) < 4.78 is 10.2. The van der Waals surface area contributed by atoms with Crippen molar-refractivity contribution in [1.29, 1.82) is 0 Å². The quantitative estimate of drug-likeness (QED) is 0.0406. The summed E-state index contributed by atoms with van der Waals surface area (Å²) in [5.74, 6) is -1.12. The lowest BCUT2D eigenvalue weighted by molar-refractivity contribution is -0.198. The van der Waals surface area contributed by atoms with Gasteiger partial charge >= 0.3 is 18.0 Å². The molecule has 0 saturated heterocycles. The number of benzene rings is 1. The second-order valence-corrected chi connectivity index (χ2v) is 15.7. The summed E-state index contributed by atoms with van der Waals surface area (Å²) in [5.41, 5.74) is 0.837. The number of nitrogens with one attached hydrogen (secondary N) is 1. The van der Waals surface area contributed by atoms with Crippen molar-refractivity contribution in [3.63, 3.8) is 0 Å². The smallest absolute Gasteiger partial charge is 0.408 e. The van der Waals surface area contributed by atoms with Gasteiger partial charge in [0.05, 0.1) is 13.7 Å². The topological polar surface area (TPSA) is 111 Å². The predicted octanol–water partition coefficient (Wildman–Crippen LogP) is 12.9. The second kappa shape index (κ2) is 37.5. The van der Waals surface area contributed by atoms with E-state index in [1.54, 1.807) is 0 Å². The van der Waals surface area contributed by atoms with Gasteiger partial charge in [0.15, 0.2) is 0 Å². The lowest BCUT2D eigenvalue weighted by atomic mass is 10.0. The molecule has 1 N–H and O–H groups in total. The average Bonchev–Trinajstić information content (AvgIpc) is 3.21. The molecule has 0 aliphatic carbocycles. The maximum absolute atomic E-state index is 13.3. The van der Waals surface area contributed by atoms with Crippen molar-refractivity contribution >= 4 is 23.9 Å². The Labute approximate surface area is 342 Å². The number of amides is 2. The van der Waals surface area contributed by atoms with Gasteiger partial charge in [0.25, 0.3) is 5.91 Å². The zero-order chi connectivity index (χ0) is 40.7. The molecule has 0 heterocycles. The number of carbonyl (C=O) groups is 4. The zero-order valence-corrected chi connectivity index (χ0v) is 36.1. The van der Waals surface area contributed by atoms with Gasteiger partial charge in [0.2, 0.25) is 0 Å². The van der Waals surface area contributed by atoms with E-state index in [-0.39, 0.29) is 25.0 Å². The number of methoxy groups -OCH3 is 1. The Morgan fingerprint density at radius 1 is 0.571 bits per heavy atom. The first-order valence-corrected chi connectivity index (χ1v) is 23.0. The van der Waals surface area contributed by atoms with Crippen molar-refractivity contribution in [2.45, 2.75) is 226 Å². The summed E-state index contributed by atoms with van der Waals surface area (Å²) in [4.78, 5) is 56.7. The van der Waals surface area contributed by atoms with Gasteiger partial charge in [0.1, 0.15) is 12.6 Å². The third-order valence-corrected chi connectivity index (χ3v) is 10.6. The van der Waals surface area contributed by atoms with Gasteiger partial charge in [0, 0.05) is 12.8 Å². The SMILES string of the molecule is CCCCCCCCCCCCCCCC(=O)ON(CCCC[C@H](NC(=O)OCc1ccccc1)C(=O)OC)C(=O)CCCCCCCCCCCCCCC. The third kappa shape index (κ3) is 30.1. The molecule has 0 bridgehead atoms. The number of unbranched alkanes of at least 4 members (excludes halogenated alkanes) is 25. The molecule has 0 aliphatic rings. The first-order valence-electron chi connectivity index (χ1n) is 23.0. The molecular formula is C47H82N2O7. The summed E-state index contributed by atoms with van der Waals surface area (Å²) >= 11 is 0. The minimum Gasteiger partial charge on any atom is -0.467 e. The van der Waals surface area contributed by atoms with Crippen LogP contribution in [0.15, 0.2) is 30.3 Å². The van der Waals surface area contributed by atoms with E-state index in [2.05, 4.69) is 19.2 Å². The molecule has 0 radical (unpaired) electrons. The minimum atomic E-state index is -0.892. The van der Waals surface area contributed by atoms with Crippen molar-refractivity contribution in [3.05, 3.63) is 35.9 Å². The molecule has 1 rings (SSSR count). The Bertz CT molecular complexity index is 1100. The number of hydroxylamine groups is 2. The lowest BCUT2D eigenvalue weighted by Gasteiger charge is -2.22. The first-order chi connectivity index (χ1) is 27.4. The van der Waals surface area contributed by atoms with Crippen LogP contribution in [0.3, 0.4) is 0 Å². The van der Waals surface area contributed by atoms with Gasteiger partial charge in [-0.15, -0.1) is 0 Å². The van der Waals surface area contributed by atoms with Gasteiger partial charge in [-0.1, -0.05) is 198 Å². The summed E-state index contributed by atoms with van der Waals surface area (Å²) in [6, 6.07) is 8.41. The maximum atomic E-state index is 13.3. The van der Waals surface area contributed by atoms with Crippen molar-refractivity contribution in [1.82, 2.24) is 10.4 Å². The molecule has 322 valence electrons. The highest BCUT2D eigenvalue weighted by molar-refractivity contribution is 5.81. The molecule has 0 saturated carbocycles. The highest BCUT2D eigenvalue weighted by Crippen LogP contribution is 2.16. The third-order valence-electron chi connectivity index (χ3n) is 10.6. The summed E-state index contributed by atoms with van der Waals surface area (Å²) in [7, 11) is 1.28. The molecule has 0 aromatic heterocycles. The largest absolute Gasteiger partial charge is 0.467 e. The fourth-order valence-corrected chi connectivity index (χ4v) is 7.00. The summed E-state index contributed by atoms with van der Waals surface area (Å²) in [6.45, 7) is 4.83. The molecule has 1 aromatic carbocycles. The number of alkyl carbamates (subject to hydrolysis) is 1. The van der Waals surface area contributed by atoms with Crippen molar-refractivity contribution in [2.24, 2.45) is 0 Å². The Kier molecular flexibility index (Phi) is 34.1.